The SMILES string of the molecule is CN(C)C(=O)c1ccc(N)cc1NCC1CCSC1. The number of nitrogens with two attached hydrogens (primary N) is 1. The molecule has 0 spiro atoms. The minimum absolute atomic E-state index is 0.00305. The maximum absolute atomic E-state index is 12.1. The first-order valence-corrected chi connectivity index (χ1v) is 7.66. The lowest BCUT2D eigenvalue weighted by molar-refractivity contribution is 0.0828. The van der Waals surface area contributed by atoms with E-state index in [1.807, 2.05) is 17.8 Å². The quantitative estimate of drug-likeness (QED) is 0.829. The van der Waals surface area contributed by atoms with Crippen molar-refractivity contribution in [2.24, 2.45) is 5.92 Å². The van der Waals surface area contributed by atoms with E-state index in [0.29, 0.717) is 17.2 Å². The number of carbonyl (C=O) groups excluding carboxylic acids is 1. The highest BCUT2D eigenvalue weighted by Gasteiger charge is 2.17. The number of hydrogen-bond donors (Lipinski definition) is 2. The van der Waals surface area contributed by atoms with Crippen LogP contribution < -0.4 is 11.1 Å². The summed E-state index contributed by atoms with van der Waals surface area (Å²) in [4.78, 5) is 13.7. The molecule has 1 aliphatic rings. The molecule has 1 atom stereocenters. The van der Waals surface area contributed by atoms with Crippen LogP contribution in [0, 0.1) is 5.92 Å². The number of anilines is 2. The van der Waals surface area contributed by atoms with Crippen molar-refractivity contribution in [1.82, 2.24) is 4.90 Å². The van der Waals surface area contributed by atoms with Gasteiger partial charge in [0, 0.05) is 32.0 Å². The third-order valence-corrected chi connectivity index (χ3v) is 4.52. The number of rotatable bonds is 4. The highest BCUT2D eigenvalue weighted by atomic mass is 32.2. The van der Waals surface area contributed by atoms with E-state index in [1.54, 1.807) is 31.1 Å². The number of nitrogens with one attached hydrogen (secondary N) is 1. The van der Waals surface area contributed by atoms with Crippen molar-refractivity contribution in [3.63, 3.8) is 0 Å². The number of nitrogens with zero attached hydrogens (tertiary/aromatic N) is 1. The van der Waals surface area contributed by atoms with Gasteiger partial charge in [-0.05, 0) is 42.0 Å². The summed E-state index contributed by atoms with van der Waals surface area (Å²) in [5.74, 6) is 3.14. The maximum Gasteiger partial charge on any atom is 0.255 e. The molecular weight excluding hydrogens is 258 g/mol. The molecule has 5 heteroatoms. The van der Waals surface area contributed by atoms with E-state index in [4.69, 9.17) is 5.73 Å². The molecule has 1 aromatic rings. The number of hydrogen-bond acceptors (Lipinski definition) is 4. The van der Waals surface area contributed by atoms with Crippen LogP contribution in [0.2, 0.25) is 0 Å². The van der Waals surface area contributed by atoms with Gasteiger partial charge in [-0.2, -0.15) is 11.8 Å². The monoisotopic (exact) mass is 279 g/mol. The molecule has 104 valence electrons. The minimum Gasteiger partial charge on any atom is -0.399 e. The lowest BCUT2D eigenvalue weighted by Crippen LogP contribution is -2.24. The van der Waals surface area contributed by atoms with Crippen LogP contribution in [0.25, 0.3) is 0 Å². The number of amides is 1. The van der Waals surface area contributed by atoms with Crippen LogP contribution in [-0.4, -0.2) is 43.0 Å². The van der Waals surface area contributed by atoms with Crippen LogP contribution >= 0.6 is 11.8 Å². The van der Waals surface area contributed by atoms with Gasteiger partial charge in [0.05, 0.1) is 5.56 Å². The van der Waals surface area contributed by atoms with E-state index in [9.17, 15) is 4.79 Å². The zero-order valence-electron chi connectivity index (χ0n) is 11.5. The van der Waals surface area contributed by atoms with Gasteiger partial charge < -0.3 is 16.0 Å². The molecule has 0 saturated carbocycles. The molecule has 0 radical (unpaired) electrons. The molecule has 1 heterocycles. The summed E-state index contributed by atoms with van der Waals surface area (Å²) in [5.41, 5.74) is 8.03. The Bertz CT molecular complexity index is 456. The Morgan fingerprint density at radius 3 is 2.95 bits per heavy atom. The summed E-state index contributed by atoms with van der Waals surface area (Å²) in [6, 6.07) is 5.41. The summed E-state index contributed by atoms with van der Waals surface area (Å²) in [6.45, 7) is 0.907. The summed E-state index contributed by atoms with van der Waals surface area (Å²) >= 11 is 2.00. The van der Waals surface area contributed by atoms with E-state index in [-0.39, 0.29) is 5.91 Å². The molecule has 1 fully saturated rings. The molecule has 3 N–H and O–H groups in total. The van der Waals surface area contributed by atoms with Crippen molar-refractivity contribution in [2.45, 2.75) is 6.42 Å². The van der Waals surface area contributed by atoms with E-state index < -0.39 is 0 Å². The van der Waals surface area contributed by atoms with Gasteiger partial charge in [-0.25, -0.2) is 0 Å². The van der Waals surface area contributed by atoms with Crippen LogP contribution in [0.4, 0.5) is 11.4 Å². The highest BCUT2D eigenvalue weighted by Crippen LogP contribution is 2.25. The average molecular weight is 279 g/mol. The zero-order valence-corrected chi connectivity index (χ0v) is 12.3. The Hall–Kier alpha value is -1.36. The van der Waals surface area contributed by atoms with Gasteiger partial charge in [0.1, 0.15) is 0 Å². The molecule has 0 bridgehead atoms. The predicted molar refractivity (Wildman–Crippen MR) is 82.8 cm³/mol. The van der Waals surface area contributed by atoms with Crippen LogP contribution in [0.1, 0.15) is 16.8 Å². The summed E-state index contributed by atoms with van der Waals surface area (Å²) in [7, 11) is 3.52. The third-order valence-electron chi connectivity index (χ3n) is 3.29. The molecule has 1 amide bonds. The Kier molecular flexibility index (Phi) is 4.58. The van der Waals surface area contributed by atoms with Crippen molar-refractivity contribution in [1.29, 1.82) is 0 Å². The van der Waals surface area contributed by atoms with Crippen molar-refractivity contribution < 1.29 is 4.79 Å². The van der Waals surface area contributed by atoms with Crippen LogP contribution in [0.15, 0.2) is 18.2 Å². The lowest BCUT2D eigenvalue weighted by Gasteiger charge is -2.17. The Labute approximate surface area is 118 Å². The zero-order chi connectivity index (χ0) is 13.8. The number of nitrogen functional groups attached to an aromatic ring is 1. The second kappa shape index (κ2) is 6.19. The molecule has 2 rings (SSSR count). The van der Waals surface area contributed by atoms with E-state index >= 15 is 0 Å². The standard InChI is InChI=1S/C14H21N3OS/c1-17(2)14(18)12-4-3-11(15)7-13(12)16-8-10-5-6-19-9-10/h3-4,7,10,16H,5-6,8-9,15H2,1-2H3. The van der Waals surface area contributed by atoms with Crippen molar-refractivity contribution >= 4 is 29.0 Å². The van der Waals surface area contributed by atoms with Crippen molar-refractivity contribution in [3.8, 4) is 0 Å². The first-order chi connectivity index (χ1) is 9.08. The minimum atomic E-state index is 0.00305. The fraction of sp³-hybridized carbons (Fsp3) is 0.500. The third kappa shape index (κ3) is 3.56. The second-order valence-electron chi connectivity index (χ2n) is 5.12. The highest BCUT2D eigenvalue weighted by molar-refractivity contribution is 7.99. The first kappa shape index (κ1) is 14.1. The smallest absolute Gasteiger partial charge is 0.255 e. The van der Waals surface area contributed by atoms with Gasteiger partial charge in [0.15, 0.2) is 0 Å². The lowest BCUT2D eigenvalue weighted by atomic mass is 10.1. The summed E-state index contributed by atoms with van der Waals surface area (Å²) < 4.78 is 0. The van der Waals surface area contributed by atoms with Gasteiger partial charge in [-0.1, -0.05) is 0 Å². The van der Waals surface area contributed by atoms with E-state index in [1.165, 1.54) is 17.9 Å². The molecule has 4 nitrogen and oxygen atoms in total. The van der Waals surface area contributed by atoms with E-state index in [2.05, 4.69) is 5.32 Å². The van der Waals surface area contributed by atoms with Crippen molar-refractivity contribution in [3.05, 3.63) is 23.8 Å². The molecule has 0 aliphatic carbocycles. The summed E-state index contributed by atoms with van der Waals surface area (Å²) in [6.07, 6.45) is 1.25. The topological polar surface area (TPSA) is 58.4 Å². The van der Waals surface area contributed by atoms with E-state index in [0.717, 1.165) is 12.2 Å². The van der Waals surface area contributed by atoms with Gasteiger partial charge >= 0.3 is 0 Å². The molecule has 1 saturated heterocycles. The molecular formula is C14H21N3OS. The Morgan fingerprint density at radius 1 is 1.53 bits per heavy atom. The summed E-state index contributed by atoms with van der Waals surface area (Å²) in [5, 5.41) is 3.39. The Morgan fingerprint density at radius 2 is 2.32 bits per heavy atom. The molecule has 1 unspecified atom stereocenters. The second-order valence-corrected chi connectivity index (χ2v) is 6.26. The Balaban J connectivity index is 2.12. The van der Waals surface area contributed by atoms with Gasteiger partial charge in [-0.3, -0.25) is 4.79 Å². The van der Waals surface area contributed by atoms with Crippen LogP contribution in [-0.2, 0) is 0 Å². The number of thioether (sulfide) groups is 1. The number of benzene rings is 1. The largest absolute Gasteiger partial charge is 0.399 e. The molecule has 0 aromatic heterocycles. The number of carbonyl (C=O) groups is 1. The van der Waals surface area contributed by atoms with Crippen molar-refractivity contribution in [2.75, 3.05) is 43.2 Å². The van der Waals surface area contributed by atoms with Gasteiger partial charge in [-0.15, -0.1) is 0 Å². The van der Waals surface area contributed by atoms with Gasteiger partial charge in [0.25, 0.3) is 5.91 Å². The molecule has 1 aromatic carbocycles. The fourth-order valence-electron chi connectivity index (χ4n) is 2.13. The molecule has 19 heavy (non-hydrogen) atoms. The van der Waals surface area contributed by atoms with Crippen LogP contribution in [0.5, 0.6) is 0 Å². The normalized spacial score (nSPS) is 18.3. The van der Waals surface area contributed by atoms with Gasteiger partial charge in [0.2, 0.25) is 0 Å². The maximum atomic E-state index is 12.1. The van der Waals surface area contributed by atoms with Crippen LogP contribution in [0.3, 0.4) is 0 Å². The fourth-order valence-corrected chi connectivity index (χ4v) is 3.42. The molecule has 1 aliphatic heterocycles. The first-order valence-electron chi connectivity index (χ1n) is 6.50. The average Bonchev–Trinajstić information content (AvgIpc) is 2.88. The predicted octanol–water partition coefficient (Wildman–Crippen LogP) is 2.14.